The second kappa shape index (κ2) is 3.15. The van der Waals surface area contributed by atoms with Crippen molar-refractivity contribution in [1.82, 2.24) is 5.32 Å². The molecule has 1 N–H and O–H groups in total. The average Bonchev–Trinajstić information content (AvgIpc) is 2.30. The summed E-state index contributed by atoms with van der Waals surface area (Å²) in [5, 5.41) is 2.43. The molecule has 1 saturated heterocycles. The fourth-order valence-electron chi connectivity index (χ4n) is 1.14. The monoisotopic (exact) mass is 187 g/mol. The van der Waals surface area contributed by atoms with E-state index in [0.717, 1.165) is 0 Å². The first-order chi connectivity index (χ1) is 5.53. The Morgan fingerprint density at radius 2 is 2.25 bits per heavy atom. The Balaban J connectivity index is 2.50. The van der Waals surface area contributed by atoms with E-state index in [0.29, 0.717) is 6.42 Å². The topological polar surface area (TPSA) is 63.2 Å². The zero-order chi connectivity index (χ0) is 9.19. The van der Waals surface area contributed by atoms with Gasteiger partial charge in [0, 0.05) is 6.04 Å². The molecule has 0 aromatic heterocycles. The molecule has 1 heterocycles. The van der Waals surface area contributed by atoms with Gasteiger partial charge in [0.05, 0.1) is 11.5 Å². The summed E-state index contributed by atoms with van der Waals surface area (Å²) in [5.41, 5.74) is 0. The van der Waals surface area contributed by atoms with Gasteiger partial charge in [-0.25, -0.2) is 8.42 Å². The summed E-state index contributed by atoms with van der Waals surface area (Å²) in [6.07, 6.45) is 5.27. The van der Waals surface area contributed by atoms with Crippen LogP contribution >= 0.6 is 0 Å². The SMILES string of the molecule is C#CC(=O)NC1CCS(=O)(=O)C1. The minimum absolute atomic E-state index is 0.0143. The van der Waals surface area contributed by atoms with E-state index in [-0.39, 0.29) is 17.5 Å². The van der Waals surface area contributed by atoms with Crippen molar-refractivity contribution < 1.29 is 13.2 Å². The molecule has 0 radical (unpaired) electrons. The molecule has 5 heteroatoms. The third-order valence-electron chi connectivity index (χ3n) is 1.70. The summed E-state index contributed by atoms with van der Waals surface area (Å²) in [6.45, 7) is 0. The lowest BCUT2D eigenvalue weighted by Crippen LogP contribution is -2.34. The molecular weight excluding hydrogens is 178 g/mol. The molecule has 0 saturated carbocycles. The maximum Gasteiger partial charge on any atom is 0.295 e. The van der Waals surface area contributed by atoms with Gasteiger partial charge in [0.2, 0.25) is 0 Å². The number of hydrogen-bond acceptors (Lipinski definition) is 3. The van der Waals surface area contributed by atoms with Crippen LogP contribution in [0.25, 0.3) is 0 Å². The van der Waals surface area contributed by atoms with Gasteiger partial charge in [-0.2, -0.15) is 0 Å². The predicted octanol–water partition coefficient (Wildman–Crippen LogP) is -1.08. The van der Waals surface area contributed by atoms with Crippen molar-refractivity contribution >= 4 is 15.7 Å². The largest absolute Gasteiger partial charge is 0.341 e. The predicted molar refractivity (Wildman–Crippen MR) is 44.0 cm³/mol. The van der Waals surface area contributed by atoms with Gasteiger partial charge in [0.25, 0.3) is 5.91 Å². The number of sulfone groups is 1. The van der Waals surface area contributed by atoms with E-state index in [4.69, 9.17) is 6.42 Å². The Kier molecular flexibility index (Phi) is 2.38. The van der Waals surface area contributed by atoms with Crippen LogP contribution in [0.5, 0.6) is 0 Å². The fraction of sp³-hybridized carbons (Fsp3) is 0.571. The lowest BCUT2D eigenvalue weighted by atomic mass is 10.2. The third-order valence-corrected chi connectivity index (χ3v) is 3.47. The quantitative estimate of drug-likeness (QED) is 0.531. The van der Waals surface area contributed by atoms with Crippen molar-refractivity contribution in [3.63, 3.8) is 0 Å². The van der Waals surface area contributed by atoms with Gasteiger partial charge in [-0.15, -0.1) is 6.42 Å². The third kappa shape index (κ3) is 2.24. The number of carbonyl (C=O) groups is 1. The maximum absolute atomic E-state index is 10.9. The zero-order valence-corrected chi connectivity index (χ0v) is 7.23. The molecule has 0 bridgehead atoms. The van der Waals surface area contributed by atoms with E-state index < -0.39 is 15.7 Å². The van der Waals surface area contributed by atoms with Crippen LogP contribution in [0.3, 0.4) is 0 Å². The highest BCUT2D eigenvalue weighted by Gasteiger charge is 2.28. The first kappa shape index (κ1) is 9.07. The fourth-order valence-corrected chi connectivity index (χ4v) is 2.81. The molecule has 0 spiro atoms. The number of terminal acetylenes is 1. The number of hydrogen-bond donors (Lipinski definition) is 1. The normalized spacial score (nSPS) is 26.1. The first-order valence-corrected chi connectivity index (χ1v) is 5.33. The van der Waals surface area contributed by atoms with Gasteiger partial charge < -0.3 is 5.32 Å². The van der Waals surface area contributed by atoms with E-state index in [9.17, 15) is 13.2 Å². The molecule has 1 unspecified atom stereocenters. The van der Waals surface area contributed by atoms with Crippen LogP contribution in [-0.4, -0.2) is 31.9 Å². The smallest absolute Gasteiger partial charge is 0.295 e. The molecule has 1 rings (SSSR count). The number of carbonyl (C=O) groups excluding carboxylic acids is 1. The molecule has 1 fully saturated rings. The van der Waals surface area contributed by atoms with Crippen LogP contribution < -0.4 is 5.32 Å². The van der Waals surface area contributed by atoms with E-state index in [1.165, 1.54) is 0 Å². The minimum Gasteiger partial charge on any atom is -0.341 e. The summed E-state index contributed by atoms with van der Waals surface area (Å²) in [6, 6.07) is -0.293. The van der Waals surface area contributed by atoms with E-state index >= 15 is 0 Å². The highest BCUT2D eigenvalue weighted by molar-refractivity contribution is 7.91. The molecule has 1 aliphatic heterocycles. The van der Waals surface area contributed by atoms with E-state index in [1.54, 1.807) is 0 Å². The Bertz CT molecular complexity index is 325. The summed E-state index contributed by atoms with van der Waals surface area (Å²) >= 11 is 0. The molecule has 0 aromatic carbocycles. The summed E-state index contributed by atoms with van der Waals surface area (Å²) in [4.78, 5) is 10.6. The van der Waals surface area contributed by atoms with Gasteiger partial charge >= 0.3 is 0 Å². The van der Waals surface area contributed by atoms with Gasteiger partial charge in [-0.05, 0) is 12.3 Å². The van der Waals surface area contributed by atoms with Crippen molar-refractivity contribution in [1.29, 1.82) is 0 Å². The van der Waals surface area contributed by atoms with Crippen LogP contribution in [0.15, 0.2) is 0 Å². The molecule has 0 aromatic rings. The van der Waals surface area contributed by atoms with Crippen LogP contribution in [0.1, 0.15) is 6.42 Å². The molecule has 1 aliphatic rings. The Labute approximate surface area is 71.3 Å². The Morgan fingerprint density at radius 1 is 1.58 bits per heavy atom. The van der Waals surface area contributed by atoms with Gasteiger partial charge in [0.15, 0.2) is 9.84 Å². The summed E-state index contributed by atoms with van der Waals surface area (Å²) in [5.74, 6) is 1.49. The van der Waals surface area contributed by atoms with Crippen LogP contribution in [0.4, 0.5) is 0 Å². The van der Waals surface area contributed by atoms with Crippen molar-refractivity contribution in [2.24, 2.45) is 0 Å². The molecule has 66 valence electrons. The standard InChI is InChI=1S/C7H9NO3S/c1-2-7(9)8-6-3-4-12(10,11)5-6/h1,6H,3-5H2,(H,8,9). The van der Waals surface area contributed by atoms with Gasteiger partial charge in [-0.1, -0.05) is 0 Å². The molecule has 1 atom stereocenters. The average molecular weight is 187 g/mol. The Morgan fingerprint density at radius 3 is 2.67 bits per heavy atom. The zero-order valence-electron chi connectivity index (χ0n) is 6.41. The second-order valence-electron chi connectivity index (χ2n) is 2.72. The Hall–Kier alpha value is -1.02. The molecular formula is C7H9NO3S. The summed E-state index contributed by atoms with van der Waals surface area (Å²) < 4.78 is 21.8. The van der Waals surface area contributed by atoms with Crippen molar-refractivity contribution in [2.75, 3.05) is 11.5 Å². The number of nitrogens with one attached hydrogen (secondary N) is 1. The van der Waals surface area contributed by atoms with Gasteiger partial charge in [-0.3, -0.25) is 4.79 Å². The number of rotatable bonds is 1. The lowest BCUT2D eigenvalue weighted by Gasteiger charge is -2.05. The molecule has 1 amide bonds. The maximum atomic E-state index is 10.9. The van der Waals surface area contributed by atoms with Crippen molar-refractivity contribution in [2.45, 2.75) is 12.5 Å². The van der Waals surface area contributed by atoms with Crippen LogP contribution in [0, 0.1) is 12.3 Å². The minimum atomic E-state index is -2.93. The second-order valence-corrected chi connectivity index (χ2v) is 4.95. The van der Waals surface area contributed by atoms with E-state index in [2.05, 4.69) is 5.32 Å². The highest BCUT2D eigenvalue weighted by Crippen LogP contribution is 2.10. The lowest BCUT2D eigenvalue weighted by molar-refractivity contribution is -0.116. The van der Waals surface area contributed by atoms with Crippen LogP contribution in [-0.2, 0) is 14.6 Å². The first-order valence-electron chi connectivity index (χ1n) is 3.51. The van der Waals surface area contributed by atoms with Crippen LogP contribution in [0.2, 0.25) is 0 Å². The molecule has 0 aliphatic carbocycles. The van der Waals surface area contributed by atoms with E-state index in [1.807, 2.05) is 5.92 Å². The van der Waals surface area contributed by atoms with Crippen molar-refractivity contribution in [3.8, 4) is 12.3 Å². The summed E-state index contributed by atoms with van der Waals surface area (Å²) in [7, 11) is -2.93. The number of amides is 1. The molecule has 4 nitrogen and oxygen atoms in total. The van der Waals surface area contributed by atoms with Crippen molar-refractivity contribution in [3.05, 3.63) is 0 Å². The highest BCUT2D eigenvalue weighted by atomic mass is 32.2. The molecule has 12 heavy (non-hydrogen) atoms. The van der Waals surface area contributed by atoms with Gasteiger partial charge in [0.1, 0.15) is 0 Å².